The van der Waals surface area contributed by atoms with Gasteiger partial charge in [0.05, 0.1) is 18.0 Å². The molecule has 0 heterocycles. The summed E-state index contributed by atoms with van der Waals surface area (Å²) in [4.78, 5) is 48.9. The second kappa shape index (κ2) is 13.5. The quantitative estimate of drug-likeness (QED) is 0.193. The molecular weight excluding hydrogens is 543 g/mol. The SMILES string of the molecule is Cc1ccc(NC(=O)N(Cc2ccc(C(=O)NCC(F)C(=O)O)cc2)c2ccc(C3=CCCCC3)cc2)cc1[N+](=O)[O-]. The maximum atomic E-state index is 13.5. The molecule has 4 rings (SSSR count). The predicted octanol–water partition coefficient (Wildman–Crippen LogP) is 6.25. The van der Waals surface area contributed by atoms with E-state index < -0.39 is 35.5 Å². The summed E-state index contributed by atoms with van der Waals surface area (Å²) in [5.41, 5.74) is 4.45. The largest absolute Gasteiger partial charge is 0.479 e. The molecule has 0 bridgehead atoms. The molecule has 1 unspecified atom stereocenters. The van der Waals surface area contributed by atoms with Crippen LogP contribution >= 0.6 is 0 Å². The van der Waals surface area contributed by atoms with Gasteiger partial charge in [0.25, 0.3) is 11.6 Å². The van der Waals surface area contributed by atoms with Gasteiger partial charge in [-0.05, 0) is 79.6 Å². The summed E-state index contributed by atoms with van der Waals surface area (Å²) in [6.45, 7) is 1.06. The van der Waals surface area contributed by atoms with Crippen molar-refractivity contribution in [2.24, 2.45) is 0 Å². The number of carbonyl (C=O) groups excluding carboxylic acids is 2. The molecule has 1 atom stereocenters. The molecule has 11 heteroatoms. The van der Waals surface area contributed by atoms with E-state index in [1.54, 1.807) is 31.2 Å². The molecule has 3 aromatic rings. The molecule has 3 N–H and O–H groups in total. The van der Waals surface area contributed by atoms with Gasteiger partial charge < -0.3 is 15.7 Å². The predicted molar refractivity (Wildman–Crippen MR) is 157 cm³/mol. The number of nitro benzene ring substituents is 1. The van der Waals surface area contributed by atoms with Crippen molar-refractivity contribution in [1.82, 2.24) is 5.32 Å². The first kappa shape index (κ1) is 29.9. The van der Waals surface area contributed by atoms with Gasteiger partial charge in [0.2, 0.25) is 6.17 Å². The first-order valence-corrected chi connectivity index (χ1v) is 13.5. The number of alkyl halides is 1. The summed E-state index contributed by atoms with van der Waals surface area (Å²) >= 11 is 0. The Kier molecular flexibility index (Phi) is 9.64. The van der Waals surface area contributed by atoms with Gasteiger partial charge >= 0.3 is 12.0 Å². The van der Waals surface area contributed by atoms with Crippen LogP contribution in [0.15, 0.2) is 72.8 Å². The van der Waals surface area contributed by atoms with Crippen LogP contribution < -0.4 is 15.5 Å². The number of nitro groups is 1. The molecule has 3 aromatic carbocycles. The Morgan fingerprint density at radius 2 is 1.76 bits per heavy atom. The average Bonchev–Trinajstić information content (AvgIpc) is 3.00. The molecule has 0 spiro atoms. The van der Waals surface area contributed by atoms with Crippen molar-refractivity contribution in [2.45, 2.75) is 45.3 Å². The number of aryl methyl sites for hydroxylation is 1. The Balaban J connectivity index is 1.56. The molecule has 1 aliphatic rings. The third-order valence-electron chi connectivity index (χ3n) is 7.01. The zero-order valence-electron chi connectivity index (χ0n) is 23.0. The molecule has 3 amide bonds. The Bertz CT molecular complexity index is 1500. The van der Waals surface area contributed by atoms with Crippen molar-refractivity contribution in [2.75, 3.05) is 16.8 Å². The van der Waals surface area contributed by atoms with Crippen LogP contribution in [-0.4, -0.2) is 40.7 Å². The summed E-state index contributed by atoms with van der Waals surface area (Å²) in [5, 5.41) is 25.0. The summed E-state index contributed by atoms with van der Waals surface area (Å²) in [7, 11) is 0. The Morgan fingerprint density at radius 1 is 1.05 bits per heavy atom. The van der Waals surface area contributed by atoms with Crippen molar-refractivity contribution in [3.05, 3.63) is 105 Å². The van der Waals surface area contributed by atoms with E-state index >= 15 is 0 Å². The van der Waals surface area contributed by atoms with E-state index in [0.29, 0.717) is 16.8 Å². The van der Waals surface area contributed by atoms with Crippen LogP contribution in [0, 0.1) is 17.0 Å². The molecule has 0 saturated heterocycles. The number of nitrogens with one attached hydrogen (secondary N) is 2. The Hall–Kier alpha value is -5.06. The fraction of sp³-hybridized carbons (Fsp3) is 0.258. The van der Waals surface area contributed by atoms with Crippen LogP contribution in [0.25, 0.3) is 5.57 Å². The lowest BCUT2D eigenvalue weighted by atomic mass is 9.93. The van der Waals surface area contributed by atoms with Gasteiger partial charge in [-0.1, -0.05) is 36.4 Å². The molecule has 0 saturated carbocycles. The number of allylic oxidation sites excluding steroid dienone is 2. The fourth-order valence-corrected chi connectivity index (χ4v) is 4.63. The number of aliphatic carboxylic acids is 1. The number of hydrogen-bond acceptors (Lipinski definition) is 5. The number of carboxylic acid groups (broad SMARTS) is 1. The molecule has 0 aromatic heterocycles. The smallest absolute Gasteiger partial charge is 0.340 e. The van der Waals surface area contributed by atoms with E-state index in [1.807, 2.05) is 24.3 Å². The van der Waals surface area contributed by atoms with Crippen molar-refractivity contribution >= 4 is 40.5 Å². The first-order valence-electron chi connectivity index (χ1n) is 13.5. The highest BCUT2D eigenvalue weighted by molar-refractivity contribution is 6.02. The van der Waals surface area contributed by atoms with Gasteiger partial charge in [-0.2, -0.15) is 0 Å². The zero-order valence-corrected chi connectivity index (χ0v) is 23.0. The number of carboxylic acids is 1. The van der Waals surface area contributed by atoms with Crippen LogP contribution in [-0.2, 0) is 11.3 Å². The highest BCUT2D eigenvalue weighted by Gasteiger charge is 2.20. The number of urea groups is 1. The molecule has 10 nitrogen and oxygen atoms in total. The normalized spacial score (nSPS) is 13.4. The molecule has 0 fully saturated rings. The topological polar surface area (TPSA) is 142 Å². The van der Waals surface area contributed by atoms with E-state index in [2.05, 4.69) is 16.7 Å². The number of nitrogens with zero attached hydrogens (tertiary/aromatic N) is 2. The molecule has 42 heavy (non-hydrogen) atoms. The average molecular weight is 575 g/mol. The van der Waals surface area contributed by atoms with E-state index in [-0.39, 0.29) is 23.5 Å². The second-order valence-corrected chi connectivity index (χ2v) is 10.0. The molecule has 1 aliphatic carbocycles. The second-order valence-electron chi connectivity index (χ2n) is 10.0. The maximum absolute atomic E-state index is 13.5. The van der Waals surface area contributed by atoms with Crippen LogP contribution in [0.3, 0.4) is 0 Å². The van der Waals surface area contributed by atoms with Gasteiger partial charge in [0.1, 0.15) is 0 Å². The standard InChI is InChI=1S/C31H31FN4O6/c1-20-7-14-25(17-28(20)36(41)42)34-31(40)35(26-15-12-23(13-16-26)22-5-3-2-4-6-22)19-21-8-10-24(11-9-21)29(37)33-18-27(32)30(38)39/h5,7-17,27H,2-4,6,18-19H2,1H3,(H,33,37)(H,34,40)(H,38,39). The summed E-state index contributed by atoms with van der Waals surface area (Å²) in [6, 6.07) is 17.8. The lowest BCUT2D eigenvalue weighted by molar-refractivity contribution is -0.385. The van der Waals surface area contributed by atoms with Crippen molar-refractivity contribution in [1.29, 1.82) is 0 Å². The minimum absolute atomic E-state index is 0.106. The third kappa shape index (κ3) is 7.57. The zero-order chi connectivity index (χ0) is 30.2. The lowest BCUT2D eigenvalue weighted by Gasteiger charge is -2.24. The van der Waals surface area contributed by atoms with Crippen LogP contribution in [0.4, 0.5) is 26.2 Å². The van der Waals surface area contributed by atoms with E-state index in [0.717, 1.165) is 24.8 Å². The number of halogens is 1. The monoisotopic (exact) mass is 574 g/mol. The van der Waals surface area contributed by atoms with Gasteiger partial charge in [0.15, 0.2) is 0 Å². The van der Waals surface area contributed by atoms with Gasteiger partial charge in [-0.25, -0.2) is 14.0 Å². The van der Waals surface area contributed by atoms with Crippen molar-refractivity contribution in [3.8, 4) is 0 Å². The molecular formula is C31H31FN4O6. The summed E-state index contributed by atoms with van der Waals surface area (Å²) < 4.78 is 13.3. The highest BCUT2D eigenvalue weighted by atomic mass is 19.1. The number of hydrogen-bond donors (Lipinski definition) is 3. The highest BCUT2D eigenvalue weighted by Crippen LogP contribution is 2.29. The number of amides is 3. The van der Waals surface area contributed by atoms with Crippen LogP contribution in [0.1, 0.15) is 52.7 Å². The summed E-state index contributed by atoms with van der Waals surface area (Å²) in [5.74, 6) is -2.29. The fourth-order valence-electron chi connectivity index (χ4n) is 4.63. The number of carbonyl (C=O) groups is 3. The van der Waals surface area contributed by atoms with E-state index in [9.17, 15) is 28.9 Å². The molecule has 218 valence electrons. The number of anilines is 2. The molecule has 0 aliphatic heterocycles. The van der Waals surface area contributed by atoms with Crippen molar-refractivity contribution in [3.63, 3.8) is 0 Å². The van der Waals surface area contributed by atoms with Crippen LogP contribution in [0.2, 0.25) is 0 Å². The van der Waals surface area contributed by atoms with Gasteiger partial charge in [-0.15, -0.1) is 0 Å². The minimum atomic E-state index is -2.21. The third-order valence-corrected chi connectivity index (χ3v) is 7.01. The van der Waals surface area contributed by atoms with E-state index in [4.69, 9.17) is 5.11 Å². The van der Waals surface area contributed by atoms with E-state index in [1.165, 1.54) is 35.1 Å². The minimum Gasteiger partial charge on any atom is -0.479 e. The first-order chi connectivity index (χ1) is 20.1. The van der Waals surface area contributed by atoms with Crippen LogP contribution in [0.5, 0.6) is 0 Å². The van der Waals surface area contributed by atoms with Gasteiger partial charge in [0, 0.05) is 28.6 Å². The Labute approximate surface area is 242 Å². The maximum Gasteiger partial charge on any atom is 0.340 e. The summed E-state index contributed by atoms with van der Waals surface area (Å²) in [6.07, 6.45) is 4.36. The van der Waals surface area contributed by atoms with Gasteiger partial charge in [-0.3, -0.25) is 19.8 Å². The number of benzene rings is 3. The Morgan fingerprint density at radius 3 is 2.38 bits per heavy atom. The number of rotatable bonds is 10. The lowest BCUT2D eigenvalue weighted by Crippen LogP contribution is -2.35. The van der Waals surface area contributed by atoms with Crippen molar-refractivity contribution < 1.29 is 28.8 Å². The molecule has 0 radical (unpaired) electrons.